The van der Waals surface area contributed by atoms with Crippen LogP contribution in [0.15, 0.2) is 29.2 Å². The Hall–Kier alpha value is -0.720. The molecule has 1 aliphatic heterocycles. The lowest BCUT2D eigenvalue weighted by molar-refractivity contribution is 0.405. The van der Waals surface area contributed by atoms with E-state index in [0.717, 1.165) is 13.0 Å². The maximum absolute atomic E-state index is 12.9. The number of benzene rings is 1. The quantitative estimate of drug-likeness (QED) is 0.902. The molecule has 1 N–H and O–H groups in total. The van der Waals surface area contributed by atoms with Gasteiger partial charge in [-0.1, -0.05) is 32.9 Å². The number of thioether (sulfide) groups is 1. The van der Waals surface area contributed by atoms with Crippen LogP contribution in [0.3, 0.4) is 0 Å². The van der Waals surface area contributed by atoms with Crippen molar-refractivity contribution in [1.82, 2.24) is 4.31 Å². The van der Waals surface area contributed by atoms with E-state index in [1.807, 2.05) is 23.9 Å². The molecule has 1 fully saturated rings. The summed E-state index contributed by atoms with van der Waals surface area (Å²) in [5.41, 5.74) is 0.706. The number of hydrogen-bond donors (Lipinski definition) is 1. The summed E-state index contributed by atoms with van der Waals surface area (Å²) in [5.74, 6) is 0. The standard InChI is InChI=1S/C15H24N2O2S2/c1-4-9-16-14-7-5-6-8-15(14)21(18,19)17-10-12(2)20-13(3)11-17/h5-8,12-13,16H,4,9-11H2,1-3H3. The second-order valence-corrected chi connectivity index (χ2v) is 9.29. The molecule has 0 aromatic heterocycles. The van der Waals surface area contributed by atoms with Crippen LogP contribution in [-0.4, -0.2) is 42.9 Å². The predicted octanol–water partition coefficient (Wildman–Crippen LogP) is 3.02. The second-order valence-electron chi connectivity index (χ2n) is 5.50. The molecule has 0 amide bonds. The van der Waals surface area contributed by atoms with Crippen molar-refractivity contribution in [2.75, 3.05) is 25.0 Å². The van der Waals surface area contributed by atoms with Gasteiger partial charge in [-0.2, -0.15) is 16.1 Å². The first-order valence-electron chi connectivity index (χ1n) is 7.43. The smallest absolute Gasteiger partial charge is 0.245 e. The molecule has 2 atom stereocenters. The number of hydrogen-bond acceptors (Lipinski definition) is 4. The Labute approximate surface area is 132 Å². The molecule has 0 aliphatic carbocycles. The zero-order valence-corrected chi connectivity index (χ0v) is 14.5. The Morgan fingerprint density at radius 2 is 1.86 bits per heavy atom. The molecule has 1 heterocycles. The number of anilines is 1. The monoisotopic (exact) mass is 328 g/mol. The van der Waals surface area contributed by atoms with Gasteiger partial charge in [-0.3, -0.25) is 0 Å². The van der Waals surface area contributed by atoms with Crippen molar-refractivity contribution >= 4 is 27.5 Å². The molecule has 2 rings (SSSR count). The van der Waals surface area contributed by atoms with E-state index in [9.17, 15) is 8.42 Å². The minimum Gasteiger partial charge on any atom is -0.384 e. The molecule has 2 unspecified atom stereocenters. The van der Waals surface area contributed by atoms with Gasteiger partial charge in [0.2, 0.25) is 10.0 Å². The Bertz CT molecular complexity index is 565. The van der Waals surface area contributed by atoms with Crippen LogP contribution in [0.2, 0.25) is 0 Å². The van der Waals surface area contributed by atoms with Gasteiger partial charge in [0.15, 0.2) is 0 Å². The topological polar surface area (TPSA) is 49.4 Å². The molecular weight excluding hydrogens is 304 g/mol. The maximum Gasteiger partial charge on any atom is 0.245 e. The summed E-state index contributed by atoms with van der Waals surface area (Å²) in [4.78, 5) is 0.393. The van der Waals surface area contributed by atoms with Crippen LogP contribution in [0.1, 0.15) is 27.2 Å². The lowest BCUT2D eigenvalue weighted by Crippen LogP contribution is -2.44. The lowest BCUT2D eigenvalue weighted by Gasteiger charge is -2.34. The van der Waals surface area contributed by atoms with Gasteiger partial charge in [0, 0.05) is 30.1 Å². The zero-order chi connectivity index (χ0) is 15.5. The Kier molecular flexibility index (Phi) is 5.57. The molecule has 6 heteroatoms. The Balaban J connectivity index is 2.31. The van der Waals surface area contributed by atoms with Crippen molar-refractivity contribution in [3.05, 3.63) is 24.3 Å². The van der Waals surface area contributed by atoms with Crippen LogP contribution in [0.4, 0.5) is 5.69 Å². The molecule has 1 aliphatic rings. The Morgan fingerprint density at radius 3 is 2.48 bits per heavy atom. The van der Waals surface area contributed by atoms with Crippen molar-refractivity contribution in [2.45, 2.75) is 42.6 Å². The fraction of sp³-hybridized carbons (Fsp3) is 0.600. The number of para-hydroxylation sites is 1. The van der Waals surface area contributed by atoms with Crippen LogP contribution in [0.5, 0.6) is 0 Å². The fourth-order valence-corrected chi connectivity index (χ4v) is 5.86. The molecule has 4 nitrogen and oxygen atoms in total. The van der Waals surface area contributed by atoms with E-state index in [-0.39, 0.29) is 0 Å². The van der Waals surface area contributed by atoms with E-state index < -0.39 is 10.0 Å². The minimum absolute atomic E-state index is 0.333. The molecule has 21 heavy (non-hydrogen) atoms. The summed E-state index contributed by atoms with van der Waals surface area (Å²) in [5, 5.41) is 3.88. The first-order chi connectivity index (χ1) is 9.95. The highest BCUT2D eigenvalue weighted by Crippen LogP contribution is 2.31. The molecule has 0 spiro atoms. The van der Waals surface area contributed by atoms with Gasteiger partial charge in [0.1, 0.15) is 4.90 Å². The molecule has 0 radical (unpaired) electrons. The van der Waals surface area contributed by atoms with Crippen molar-refractivity contribution in [3.8, 4) is 0 Å². The summed E-state index contributed by atoms with van der Waals surface area (Å²) in [6, 6.07) is 7.20. The molecular formula is C15H24N2O2S2. The first kappa shape index (κ1) is 16.6. The summed E-state index contributed by atoms with van der Waals surface area (Å²) >= 11 is 1.85. The first-order valence-corrected chi connectivity index (χ1v) is 9.82. The molecule has 1 aromatic carbocycles. The van der Waals surface area contributed by atoms with E-state index >= 15 is 0 Å². The summed E-state index contributed by atoms with van der Waals surface area (Å²) in [6.45, 7) is 8.18. The van der Waals surface area contributed by atoms with Gasteiger partial charge in [0.25, 0.3) is 0 Å². The summed E-state index contributed by atoms with van der Waals surface area (Å²) in [6.07, 6.45) is 0.961. The average molecular weight is 329 g/mol. The van der Waals surface area contributed by atoms with Crippen molar-refractivity contribution in [2.24, 2.45) is 0 Å². The third-order valence-electron chi connectivity index (χ3n) is 3.46. The second kappa shape index (κ2) is 7.03. The number of rotatable bonds is 5. The van der Waals surface area contributed by atoms with Gasteiger partial charge in [-0.25, -0.2) is 8.42 Å². The van der Waals surface area contributed by atoms with Gasteiger partial charge >= 0.3 is 0 Å². The molecule has 1 saturated heterocycles. The minimum atomic E-state index is -3.43. The number of nitrogens with zero attached hydrogens (tertiary/aromatic N) is 1. The van der Waals surface area contributed by atoms with E-state index in [0.29, 0.717) is 34.2 Å². The van der Waals surface area contributed by atoms with E-state index in [2.05, 4.69) is 26.1 Å². The molecule has 1 aromatic rings. The third-order valence-corrected chi connectivity index (χ3v) is 6.57. The van der Waals surface area contributed by atoms with Crippen molar-refractivity contribution in [3.63, 3.8) is 0 Å². The molecule has 0 bridgehead atoms. The van der Waals surface area contributed by atoms with Crippen LogP contribution in [-0.2, 0) is 10.0 Å². The molecule has 118 valence electrons. The van der Waals surface area contributed by atoms with Gasteiger partial charge in [0.05, 0.1) is 5.69 Å². The number of nitrogens with one attached hydrogen (secondary N) is 1. The van der Waals surface area contributed by atoms with Crippen LogP contribution < -0.4 is 5.32 Å². The lowest BCUT2D eigenvalue weighted by atomic mass is 10.3. The van der Waals surface area contributed by atoms with Crippen molar-refractivity contribution in [1.29, 1.82) is 0 Å². The predicted molar refractivity (Wildman–Crippen MR) is 90.5 cm³/mol. The number of sulfonamides is 1. The van der Waals surface area contributed by atoms with Crippen LogP contribution in [0, 0.1) is 0 Å². The van der Waals surface area contributed by atoms with Gasteiger partial charge in [-0.15, -0.1) is 0 Å². The molecule has 0 saturated carbocycles. The Morgan fingerprint density at radius 1 is 1.24 bits per heavy atom. The maximum atomic E-state index is 12.9. The fourth-order valence-electron chi connectivity index (χ4n) is 2.56. The van der Waals surface area contributed by atoms with E-state index in [4.69, 9.17) is 0 Å². The van der Waals surface area contributed by atoms with Crippen LogP contribution >= 0.6 is 11.8 Å². The summed E-state index contributed by atoms with van der Waals surface area (Å²) < 4.78 is 27.5. The van der Waals surface area contributed by atoms with Gasteiger partial charge < -0.3 is 5.32 Å². The van der Waals surface area contributed by atoms with Gasteiger partial charge in [-0.05, 0) is 18.6 Å². The van der Waals surface area contributed by atoms with Crippen LogP contribution in [0.25, 0.3) is 0 Å². The average Bonchev–Trinajstić information content (AvgIpc) is 2.44. The SMILES string of the molecule is CCCNc1ccccc1S(=O)(=O)N1CC(C)SC(C)C1. The summed E-state index contributed by atoms with van der Waals surface area (Å²) in [7, 11) is -3.43. The largest absolute Gasteiger partial charge is 0.384 e. The zero-order valence-electron chi connectivity index (χ0n) is 12.9. The normalized spacial score (nSPS) is 24.0. The van der Waals surface area contributed by atoms with Crippen molar-refractivity contribution < 1.29 is 8.42 Å². The van der Waals surface area contributed by atoms with E-state index in [1.54, 1.807) is 16.4 Å². The highest BCUT2D eigenvalue weighted by atomic mass is 32.2. The highest BCUT2D eigenvalue weighted by molar-refractivity contribution is 8.00. The third kappa shape index (κ3) is 3.93. The highest BCUT2D eigenvalue weighted by Gasteiger charge is 2.33. The van der Waals surface area contributed by atoms with E-state index in [1.165, 1.54) is 0 Å².